The predicted molar refractivity (Wildman–Crippen MR) is 58.9 cm³/mol. The number of carbonyl (C=O) groups is 1. The SMILES string of the molecule is CNCC(=O)c1cnc2c(Br)cncn12. The van der Waals surface area contributed by atoms with Gasteiger partial charge in [0.1, 0.15) is 12.0 Å². The number of aromatic nitrogens is 3. The third-order valence-electron chi connectivity index (χ3n) is 2.00. The molecule has 0 radical (unpaired) electrons. The van der Waals surface area contributed by atoms with Crippen LogP contribution in [0.5, 0.6) is 0 Å². The van der Waals surface area contributed by atoms with E-state index >= 15 is 0 Å². The molecule has 2 aromatic heterocycles. The van der Waals surface area contributed by atoms with Crippen molar-refractivity contribution in [1.82, 2.24) is 19.7 Å². The van der Waals surface area contributed by atoms with E-state index in [2.05, 4.69) is 31.2 Å². The Labute approximate surface area is 94.7 Å². The maximum Gasteiger partial charge on any atom is 0.194 e. The standard InChI is InChI=1S/C9H9BrN4O/c1-11-4-8(15)7-3-13-9-6(10)2-12-5-14(7)9/h2-3,5,11H,4H2,1H3. The van der Waals surface area contributed by atoms with E-state index in [0.717, 1.165) is 4.47 Å². The molecule has 0 amide bonds. The first-order valence-corrected chi connectivity index (χ1v) is 5.17. The van der Waals surface area contributed by atoms with Crippen LogP contribution in [0.25, 0.3) is 5.65 Å². The molecular weight excluding hydrogens is 260 g/mol. The Morgan fingerprint density at radius 2 is 2.40 bits per heavy atom. The monoisotopic (exact) mass is 268 g/mol. The summed E-state index contributed by atoms with van der Waals surface area (Å²) in [4.78, 5) is 19.8. The summed E-state index contributed by atoms with van der Waals surface area (Å²) in [7, 11) is 1.73. The highest BCUT2D eigenvalue weighted by atomic mass is 79.9. The maximum absolute atomic E-state index is 11.7. The normalized spacial score (nSPS) is 10.8. The minimum absolute atomic E-state index is 0.00935. The molecular formula is C9H9BrN4O. The first-order valence-electron chi connectivity index (χ1n) is 4.38. The number of Topliss-reactive ketones (excluding diaryl/α,β-unsaturated/α-hetero) is 1. The summed E-state index contributed by atoms with van der Waals surface area (Å²) in [5, 5.41) is 2.81. The quantitative estimate of drug-likeness (QED) is 0.841. The number of likely N-dealkylation sites (N-methyl/N-ethyl adjacent to an activating group) is 1. The molecule has 0 saturated heterocycles. The van der Waals surface area contributed by atoms with Crippen LogP contribution in [0.1, 0.15) is 10.5 Å². The third kappa shape index (κ3) is 1.78. The van der Waals surface area contributed by atoms with Crippen molar-refractivity contribution in [1.29, 1.82) is 0 Å². The Morgan fingerprint density at radius 1 is 1.60 bits per heavy atom. The molecule has 15 heavy (non-hydrogen) atoms. The molecule has 0 aliphatic carbocycles. The number of rotatable bonds is 3. The molecule has 0 aromatic carbocycles. The van der Waals surface area contributed by atoms with Crippen molar-refractivity contribution in [3.8, 4) is 0 Å². The summed E-state index contributed by atoms with van der Waals surface area (Å²) >= 11 is 3.33. The first kappa shape index (κ1) is 10.3. The maximum atomic E-state index is 11.7. The highest BCUT2D eigenvalue weighted by Gasteiger charge is 2.12. The van der Waals surface area contributed by atoms with E-state index in [0.29, 0.717) is 17.9 Å². The lowest BCUT2D eigenvalue weighted by Gasteiger charge is -2.00. The summed E-state index contributed by atoms with van der Waals surface area (Å²) < 4.78 is 2.44. The highest BCUT2D eigenvalue weighted by Crippen LogP contribution is 2.16. The minimum Gasteiger partial charge on any atom is -0.313 e. The number of imidazole rings is 1. The largest absolute Gasteiger partial charge is 0.313 e. The number of ketones is 1. The van der Waals surface area contributed by atoms with Crippen molar-refractivity contribution in [2.24, 2.45) is 0 Å². The zero-order valence-corrected chi connectivity index (χ0v) is 9.65. The smallest absolute Gasteiger partial charge is 0.194 e. The molecule has 0 atom stereocenters. The molecule has 0 spiro atoms. The fourth-order valence-corrected chi connectivity index (χ4v) is 1.75. The highest BCUT2D eigenvalue weighted by molar-refractivity contribution is 9.10. The van der Waals surface area contributed by atoms with E-state index in [4.69, 9.17) is 0 Å². The Hall–Kier alpha value is -1.27. The van der Waals surface area contributed by atoms with Gasteiger partial charge in [-0.25, -0.2) is 9.97 Å². The molecule has 1 N–H and O–H groups in total. The van der Waals surface area contributed by atoms with Gasteiger partial charge >= 0.3 is 0 Å². The van der Waals surface area contributed by atoms with Gasteiger partial charge < -0.3 is 5.32 Å². The summed E-state index contributed by atoms with van der Waals surface area (Å²) in [6.45, 7) is 0.292. The number of hydrogen-bond donors (Lipinski definition) is 1. The van der Waals surface area contributed by atoms with Gasteiger partial charge in [0.05, 0.1) is 17.2 Å². The van der Waals surface area contributed by atoms with Gasteiger partial charge in [0, 0.05) is 6.20 Å². The van der Waals surface area contributed by atoms with Crippen LogP contribution in [0, 0.1) is 0 Å². The van der Waals surface area contributed by atoms with Crippen LogP contribution < -0.4 is 5.32 Å². The minimum atomic E-state index is -0.00935. The Morgan fingerprint density at radius 3 is 3.13 bits per heavy atom. The van der Waals surface area contributed by atoms with Crippen LogP contribution in [-0.4, -0.2) is 33.7 Å². The predicted octanol–water partition coefficient (Wildman–Crippen LogP) is 0.894. The zero-order valence-electron chi connectivity index (χ0n) is 8.07. The molecule has 6 heteroatoms. The first-order chi connectivity index (χ1) is 7.24. The number of fused-ring (bicyclic) bond motifs is 1. The lowest BCUT2D eigenvalue weighted by atomic mass is 10.3. The number of hydrogen-bond acceptors (Lipinski definition) is 4. The van der Waals surface area contributed by atoms with Gasteiger partial charge in [0.25, 0.3) is 0 Å². The Balaban J connectivity index is 2.54. The molecule has 0 fully saturated rings. The Bertz CT molecular complexity index is 508. The van der Waals surface area contributed by atoms with Crippen LogP contribution in [0.15, 0.2) is 23.2 Å². The summed E-state index contributed by atoms with van der Waals surface area (Å²) in [6.07, 6.45) is 4.78. The molecule has 2 aromatic rings. The van der Waals surface area contributed by atoms with E-state index in [9.17, 15) is 4.79 Å². The van der Waals surface area contributed by atoms with Gasteiger partial charge in [-0.1, -0.05) is 0 Å². The zero-order chi connectivity index (χ0) is 10.8. The van der Waals surface area contributed by atoms with Crippen molar-refractivity contribution >= 4 is 27.4 Å². The van der Waals surface area contributed by atoms with E-state index in [1.807, 2.05) is 0 Å². The molecule has 78 valence electrons. The summed E-state index contributed by atoms with van der Waals surface area (Å²) in [5.41, 5.74) is 1.23. The molecule has 5 nitrogen and oxygen atoms in total. The average Bonchev–Trinajstić information content (AvgIpc) is 2.63. The van der Waals surface area contributed by atoms with Crippen LogP contribution >= 0.6 is 15.9 Å². The van der Waals surface area contributed by atoms with E-state index < -0.39 is 0 Å². The lowest BCUT2D eigenvalue weighted by molar-refractivity contribution is 0.0988. The molecule has 2 heterocycles. The second kappa shape index (κ2) is 4.08. The van der Waals surface area contributed by atoms with Crippen molar-refractivity contribution < 1.29 is 4.79 Å². The van der Waals surface area contributed by atoms with Crippen molar-refractivity contribution in [3.63, 3.8) is 0 Å². The van der Waals surface area contributed by atoms with Gasteiger partial charge in [0.2, 0.25) is 0 Å². The van der Waals surface area contributed by atoms with Crippen molar-refractivity contribution in [3.05, 3.63) is 28.9 Å². The number of halogens is 1. The third-order valence-corrected chi connectivity index (χ3v) is 2.56. The van der Waals surface area contributed by atoms with Gasteiger partial charge in [-0.3, -0.25) is 9.20 Å². The van der Waals surface area contributed by atoms with Gasteiger partial charge in [-0.15, -0.1) is 0 Å². The number of nitrogens with one attached hydrogen (secondary N) is 1. The fraction of sp³-hybridized carbons (Fsp3) is 0.222. The van der Waals surface area contributed by atoms with Gasteiger partial charge in [0.15, 0.2) is 11.4 Å². The van der Waals surface area contributed by atoms with E-state index in [1.165, 1.54) is 0 Å². The molecule has 0 aliphatic heterocycles. The van der Waals surface area contributed by atoms with E-state index in [-0.39, 0.29) is 5.78 Å². The number of nitrogens with zero attached hydrogens (tertiary/aromatic N) is 3. The van der Waals surface area contributed by atoms with Gasteiger partial charge in [-0.05, 0) is 23.0 Å². The lowest BCUT2D eigenvalue weighted by Crippen LogP contribution is -2.19. The molecule has 0 aliphatic rings. The molecule has 0 bridgehead atoms. The summed E-state index contributed by atoms with van der Waals surface area (Å²) in [5.74, 6) is -0.00935. The topological polar surface area (TPSA) is 59.3 Å². The fourth-order valence-electron chi connectivity index (χ4n) is 1.34. The number of carbonyl (C=O) groups excluding carboxylic acids is 1. The second-order valence-corrected chi connectivity index (χ2v) is 3.89. The van der Waals surface area contributed by atoms with E-state index in [1.54, 1.807) is 30.2 Å². The molecule has 2 rings (SSSR count). The Kier molecular flexibility index (Phi) is 2.79. The van der Waals surface area contributed by atoms with Crippen molar-refractivity contribution in [2.75, 3.05) is 13.6 Å². The second-order valence-electron chi connectivity index (χ2n) is 3.03. The summed E-state index contributed by atoms with van der Waals surface area (Å²) in [6, 6.07) is 0. The van der Waals surface area contributed by atoms with Gasteiger partial charge in [-0.2, -0.15) is 0 Å². The van der Waals surface area contributed by atoms with Crippen molar-refractivity contribution in [2.45, 2.75) is 0 Å². The van der Waals surface area contributed by atoms with Crippen LogP contribution in [0.2, 0.25) is 0 Å². The van der Waals surface area contributed by atoms with Crippen LogP contribution in [-0.2, 0) is 0 Å². The van der Waals surface area contributed by atoms with Crippen LogP contribution in [0.4, 0.5) is 0 Å². The molecule has 0 saturated carbocycles. The van der Waals surface area contributed by atoms with Crippen LogP contribution in [0.3, 0.4) is 0 Å². The molecule has 0 unspecified atom stereocenters. The average molecular weight is 269 g/mol.